The Hall–Kier alpha value is -3.04. The third-order valence-electron chi connectivity index (χ3n) is 6.93. The Balaban J connectivity index is 1.06. The normalized spacial score (nSPS) is 20.5. The van der Waals surface area contributed by atoms with Crippen LogP contribution in [0.1, 0.15) is 30.0 Å². The van der Waals surface area contributed by atoms with Gasteiger partial charge in [-0.25, -0.2) is 4.39 Å². The third kappa shape index (κ3) is 3.85. The van der Waals surface area contributed by atoms with Crippen LogP contribution in [-0.2, 0) is 13.1 Å². The maximum atomic E-state index is 14.7. The van der Waals surface area contributed by atoms with E-state index in [0.29, 0.717) is 54.7 Å². The molecule has 1 fully saturated rings. The number of aromatic nitrogens is 3. The van der Waals surface area contributed by atoms with E-state index in [9.17, 15) is 9.18 Å². The van der Waals surface area contributed by atoms with E-state index in [1.807, 2.05) is 6.07 Å². The zero-order chi connectivity index (χ0) is 22.4. The standard InChI is InChI=1S/C24H26FN5O3/c25-18-11-28-19-1-2-22(31)30-14-15(23(18)24(19)30)13-29-5-3-16(4-6-29)26-10-17-9-20-21(12-27-17)33-8-7-32-20/h1-2,9,11-12,15-16,26H,3-8,10,13-14H2. The van der Waals surface area contributed by atoms with E-state index in [0.717, 1.165) is 43.9 Å². The number of pyridine rings is 3. The molecule has 0 saturated carbocycles. The van der Waals surface area contributed by atoms with Crippen LogP contribution in [0.4, 0.5) is 4.39 Å². The Morgan fingerprint density at radius 3 is 2.76 bits per heavy atom. The van der Waals surface area contributed by atoms with E-state index in [2.05, 4.69) is 20.2 Å². The first-order chi connectivity index (χ1) is 16.2. The molecule has 6 rings (SSSR count). The number of rotatable bonds is 5. The van der Waals surface area contributed by atoms with Crippen LogP contribution in [0.15, 0.2) is 35.4 Å². The van der Waals surface area contributed by atoms with Crippen molar-refractivity contribution in [1.29, 1.82) is 0 Å². The zero-order valence-electron chi connectivity index (χ0n) is 18.3. The second-order valence-electron chi connectivity index (χ2n) is 9.01. The first-order valence-electron chi connectivity index (χ1n) is 11.5. The van der Waals surface area contributed by atoms with Gasteiger partial charge >= 0.3 is 0 Å². The van der Waals surface area contributed by atoms with Gasteiger partial charge in [0.2, 0.25) is 0 Å². The smallest absolute Gasteiger partial charge is 0.251 e. The van der Waals surface area contributed by atoms with E-state index in [-0.39, 0.29) is 17.3 Å². The average molecular weight is 452 g/mol. The Kier molecular flexibility index (Phi) is 5.22. The highest BCUT2D eigenvalue weighted by molar-refractivity contribution is 5.80. The number of hydrogen-bond acceptors (Lipinski definition) is 7. The molecule has 0 aromatic carbocycles. The molecule has 1 saturated heterocycles. The molecule has 6 heterocycles. The molecule has 0 spiro atoms. The van der Waals surface area contributed by atoms with Gasteiger partial charge in [-0.2, -0.15) is 0 Å². The van der Waals surface area contributed by atoms with E-state index >= 15 is 0 Å². The largest absolute Gasteiger partial charge is 0.486 e. The Morgan fingerprint density at radius 2 is 1.91 bits per heavy atom. The Bertz CT molecular complexity index is 1250. The summed E-state index contributed by atoms with van der Waals surface area (Å²) in [4.78, 5) is 23.3. The summed E-state index contributed by atoms with van der Waals surface area (Å²) in [6.07, 6.45) is 5.04. The van der Waals surface area contributed by atoms with Gasteiger partial charge in [0.05, 0.1) is 29.1 Å². The van der Waals surface area contributed by atoms with Crippen LogP contribution in [0, 0.1) is 5.82 Å². The number of ether oxygens (including phenoxy) is 2. The molecule has 3 aromatic rings. The number of halogens is 1. The molecule has 0 bridgehead atoms. The van der Waals surface area contributed by atoms with Crippen molar-refractivity contribution in [2.75, 3.05) is 32.8 Å². The molecule has 1 unspecified atom stereocenters. The number of hydrogen-bond donors (Lipinski definition) is 1. The molecule has 0 aliphatic carbocycles. The van der Waals surface area contributed by atoms with Gasteiger partial charge in [0.15, 0.2) is 11.5 Å². The lowest BCUT2D eigenvalue weighted by atomic mass is 9.98. The minimum atomic E-state index is -0.312. The first-order valence-corrected chi connectivity index (χ1v) is 11.5. The molecule has 9 heteroatoms. The third-order valence-corrected chi connectivity index (χ3v) is 6.93. The highest BCUT2D eigenvalue weighted by Gasteiger charge is 2.31. The van der Waals surface area contributed by atoms with Gasteiger partial charge in [0.25, 0.3) is 5.56 Å². The summed E-state index contributed by atoms with van der Waals surface area (Å²) in [5, 5.41) is 3.61. The summed E-state index contributed by atoms with van der Waals surface area (Å²) in [6, 6.07) is 5.56. The van der Waals surface area contributed by atoms with Gasteiger partial charge in [-0.15, -0.1) is 0 Å². The van der Waals surface area contributed by atoms with Crippen molar-refractivity contribution in [3.8, 4) is 11.5 Å². The van der Waals surface area contributed by atoms with Crippen molar-refractivity contribution in [2.45, 2.75) is 37.9 Å². The molecule has 3 aliphatic rings. The number of nitrogens with one attached hydrogen (secondary N) is 1. The molecule has 0 amide bonds. The number of likely N-dealkylation sites (tertiary alicyclic amines) is 1. The molecule has 1 N–H and O–H groups in total. The number of fused-ring (bicyclic) bond motifs is 1. The summed E-state index contributed by atoms with van der Waals surface area (Å²) in [5.41, 5.74) is 2.84. The molecular formula is C24H26FN5O3. The van der Waals surface area contributed by atoms with E-state index in [4.69, 9.17) is 9.47 Å². The number of nitrogens with zero attached hydrogens (tertiary/aromatic N) is 4. The predicted molar refractivity (Wildman–Crippen MR) is 120 cm³/mol. The predicted octanol–water partition coefficient (Wildman–Crippen LogP) is 2.05. The minimum absolute atomic E-state index is 0.0305. The van der Waals surface area contributed by atoms with Crippen molar-refractivity contribution >= 4 is 11.0 Å². The van der Waals surface area contributed by atoms with Crippen molar-refractivity contribution in [3.63, 3.8) is 0 Å². The maximum absolute atomic E-state index is 14.7. The summed E-state index contributed by atoms with van der Waals surface area (Å²) in [5.74, 6) is 1.12. The van der Waals surface area contributed by atoms with Gasteiger partial charge in [-0.3, -0.25) is 14.8 Å². The lowest BCUT2D eigenvalue weighted by Gasteiger charge is -2.34. The van der Waals surface area contributed by atoms with Gasteiger partial charge in [0.1, 0.15) is 19.0 Å². The summed E-state index contributed by atoms with van der Waals surface area (Å²) < 4.78 is 27.5. The van der Waals surface area contributed by atoms with Gasteiger partial charge < -0.3 is 24.3 Å². The van der Waals surface area contributed by atoms with Crippen LogP contribution in [-0.4, -0.2) is 58.3 Å². The van der Waals surface area contributed by atoms with Crippen LogP contribution in [0.2, 0.25) is 0 Å². The first kappa shape index (κ1) is 20.6. The maximum Gasteiger partial charge on any atom is 0.251 e. The molecule has 3 aromatic heterocycles. The van der Waals surface area contributed by atoms with Gasteiger partial charge in [-0.1, -0.05) is 0 Å². The molecule has 172 valence electrons. The highest BCUT2D eigenvalue weighted by atomic mass is 19.1. The molecule has 8 nitrogen and oxygen atoms in total. The quantitative estimate of drug-likeness (QED) is 0.636. The van der Waals surface area contributed by atoms with Crippen LogP contribution in [0.3, 0.4) is 0 Å². The summed E-state index contributed by atoms with van der Waals surface area (Å²) in [6.45, 7) is 4.94. The topological polar surface area (TPSA) is 81.5 Å². The Morgan fingerprint density at radius 1 is 1.09 bits per heavy atom. The monoisotopic (exact) mass is 451 g/mol. The molecule has 1 atom stereocenters. The Labute approximate surface area is 190 Å². The lowest BCUT2D eigenvalue weighted by molar-refractivity contribution is 0.170. The van der Waals surface area contributed by atoms with Crippen molar-refractivity contribution in [1.82, 2.24) is 24.8 Å². The van der Waals surface area contributed by atoms with Gasteiger partial charge in [-0.05, 0) is 32.0 Å². The second-order valence-corrected chi connectivity index (χ2v) is 9.01. The molecule has 0 radical (unpaired) electrons. The molecule has 3 aliphatic heterocycles. The van der Waals surface area contributed by atoms with E-state index < -0.39 is 0 Å². The molecular weight excluding hydrogens is 425 g/mol. The lowest BCUT2D eigenvalue weighted by Crippen LogP contribution is -2.43. The molecule has 33 heavy (non-hydrogen) atoms. The fraction of sp³-hybridized carbons (Fsp3) is 0.458. The fourth-order valence-electron chi connectivity index (χ4n) is 5.26. The number of piperidine rings is 1. The zero-order valence-corrected chi connectivity index (χ0v) is 18.3. The van der Waals surface area contributed by atoms with Crippen LogP contribution < -0.4 is 20.3 Å². The summed E-state index contributed by atoms with van der Waals surface area (Å²) >= 11 is 0. The van der Waals surface area contributed by atoms with Crippen molar-refractivity contribution in [2.24, 2.45) is 0 Å². The van der Waals surface area contributed by atoms with Crippen LogP contribution in [0.25, 0.3) is 11.0 Å². The highest BCUT2D eigenvalue weighted by Crippen LogP contribution is 2.34. The fourth-order valence-corrected chi connectivity index (χ4v) is 5.26. The van der Waals surface area contributed by atoms with Gasteiger partial charge in [0, 0.05) is 49.3 Å². The van der Waals surface area contributed by atoms with Crippen LogP contribution >= 0.6 is 0 Å². The minimum Gasteiger partial charge on any atom is -0.486 e. The van der Waals surface area contributed by atoms with E-state index in [1.54, 1.807) is 16.8 Å². The SMILES string of the molecule is O=c1ccc2ncc(F)c3c2n1CC3CN1CCC(NCc2cc3c(cn2)OCCO3)CC1. The van der Waals surface area contributed by atoms with E-state index in [1.165, 1.54) is 12.3 Å². The van der Waals surface area contributed by atoms with Crippen molar-refractivity contribution < 1.29 is 13.9 Å². The van der Waals surface area contributed by atoms with Crippen molar-refractivity contribution in [3.05, 3.63) is 58.0 Å². The van der Waals surface area contributed by atoms with Crippen LogP contribution in [0.5, 0.6) is 11.5 Å². The summed E-state index contributed by atoms with van der Waals surface area (Å²) in [7, 11) is 0. The average Bonchev–Trinajstić information content (AvgIpc) is 3.23. The second kappa shape index (κ2) is 8.39.